The van der Waals surface area contributed by atoms with Crippen LogP contribution >= 0.6 is 0 Å². The predicted molar refractivity (Wildman–Crippen MR) is 288 cm³/mol. The first kappa shape index (κ1) is 51.1. The van der Waals surface area contributed by atoms with Crippen molar-refractivity contribution in [2.75, 3.05) is 0 Å². The fraction of sp³-hybridized carbons (Fsp3) is 0.125. The van der Waals surface area contributed by atoms with Gasteiger partial charge in [0.05, 0.1) is 12.8 Å². The number of carboxylic acids is 1. The van der Waals surface area contributed by atoms with Crippen LogP contribution in [-0.2, 0) is 55.3 Å². The molecule has 0 aliphatic carbocycles. The van der Waals surface area contributed by atoms with E-state index >= 15 is 0 Å². The molecule has 0 saturated carbocycles. The summed E-state index contributed by atoms with van der Waals surface area (Å²) >= 11 is 0. The van der Waals surface area contributed by atoms with Gasteiger partial charge in [0.1, 0.15) is 37.1 Å². The van der Waals surface area contributed by atoms with Crippen molar-refractivity contribution in [3.05, 3.63) is 281 Å². The smallest absolute Gasteiger partial charge is 0.307 e. The Kier molecular flexibility index (Phi) is 19.5. The zero-order valence-corrected chi connectivity index (χ0v) is 40.5. The number of aryl methyl sites for hydroxylation is 1. The topological polar surface area (TPSA) is 120 Å². The average molecular weight is 953 g/mol. The Labute approximate surface area is 423 Å². The van der Waals surface area contributed by atoms with Gasteiger partial charge >= 0.3 is 5.97 Å². The first-order valence-electron chi connectivity index (χ1n) is 24.0. The van der Waals surface area contributed by atoms with Gasteiger partial charge in [-0.15, -0.1) is 0 Å². The van der Waals surface area contributed by atoms with Crippen LogP contribution in [0.3, 0.4) is 0 Å². The molecule has 1 amide bonds. The number of rotatable bonds is 18. The van der Waals surface area contributed by atoms with Crippen LogP contribution in [0.4, 0.5) is 0 Å². The number of hydrogen-bond acceptors (Lipinski definition) is 6. The van der Waals surface area contributed by atoms with E-state index in [-0.39, 0.29) is 12.3 Å². The minimum atomic E-state index is -0.799. The van der Waals surface area contributed by atoms with Crippen LogP contribution in [0.15, 0.2) is 237 Å². The molecule has 9 aromatic rings. The van der Waals surface area contributed by atoms with E-state index in [0.29, 0.717) is 50.8 Å². The van der Waals surface area contributed by atoms with Crippen molar-refractivity contribution in [3.8, 4) is 39.5 Å². The molecule has 0 unspecified atom stereocenters. The van der Waals surface area contributed by atoms with Gasteiger partial charge in [-0.25, -0.2) is 0 Å². The number of carbonyl (C=O) groups is 2. The Morgan fingerprint density at radius 2 is 0.764 bits per heavy atom. The van der Waals surface area contributed by atoms with E-state index in [4.69, 9.17) is 25.1 Å². The number of nitrogens with two attached hydrogens (primary N) is 1. The number of amides is 1. The molecule has 4 N–H and O–H groups in total. The summed E-state index contributed by atoms with van der Waals surface area (Å²) in [5.74, 6) is 1.45. The van der Waals surface area contributed by atoms with E-state index in [9.17, 15) is 9.59 Å². The number of benzene rings is 9. The number of ether oxygens (including phenoxy) is 3. The van der Waals surface area contributed by atoms with Gasteiger partial charge in [-0.1, -0.05) is 206 Å². The first-order chi connectivity index (χ1) is 35.2. The lowest BCUT2D eigenvalue weighted by atomic mass is 10.0. The SMILES string of the molecule is Cc1cc(CN)cc(OCc2ccccc2)c1.O=C(Cc1ccc(-c2ccccc2)cc1)NCc1cc(OCc2ccccc2)cc(OCc2ccccc2)c1.O=C(O)Cc1ccc(-c2ccccc2)cc1. The van der Waals surface area contributed by atoms with Gasteiger partial charge in [-0.3, -0.25) is 9.59 Å². The van der Waals surface area contributed by atoms with E-state index < -0.39 is 5.97 Å². The maximum atomic E-state index is 12.8. The van der Waals surface area contributed by atoms with Gasteiger partial charge in [0.15, 0.2) is 0 Å². The van der Waals surface area contributed by atoms with Crippen LogP contribution in [0.25, 0.3) is 22.3 Å². The second-order valence-corrected chi connectivity index (χ2v) is 17.1. The second kappa shape index (κ2) is 27.5. The van der Waals surface area contributed by atoms with Crippen LogP contribution in [0.2, 0.25) is 0 Å². The molecular weight excluding hydrogens is 893 g/mol. The van der Waals surface area contributed by atoms with Crippen LogP contribution in [-0.4, -0.2) is 17.0 Å². The third-order valence-electron chi connectivity index (χ3n) is 11.4. The van der Waals surface area contributed by atoms with Gasteiger partial charge in [0.25, 0.3) is 0 Å². The summed E-state index contributed by atoms with van der Waals surface area (Å²) in [7, 11) is 0. The van der Waals surface area contributed by atoms with E-state index in [1.54, 1.807) is 0 Å². The van der Waals surface area contributed by atoms with Crippen molar-refractivity contribution in [1.82, 2.24) is 5.32 Å². The van der Waals surface area contributed by atoms with Crippen LogP contribution in [0.5, 0.6) is 17.2 Å². The number of hydrogen-bond donors (Lipinski definition) is 3. The summed E-state index contributed by atoms with van der Waals surface area (Å²) in [4.78, 5) is 23.3. The standard InChI is InChI=1S/C35H31NO3.C15H17NO.C14H12O2/c37-35(22-27-16-18-32(19-17-27)31-14-8-3-9-15-31)36-24-30-20-33(38-25-28-10-4-1-5-11-28)23-34(21-30)39-26-29-12-6-2-7-13-29;1-12-7-14(10-16)9-15(8-12)17-11-13-5-3-2-4-6-13;15-14(16)10-11-6-8-13(9-7-11)12-4-2-1-3-5-12/h1-21,23H,22,24-26H2,(H,36,37);2-9H,10-11,16H2,1H3;1-9H,10H2,(H,15,16). The third kappa shape index (κ3) is 17.4. The van der Waals surface area contributed by atoms with E-state index in [2.05, 4.69) is 54.7 Å². The van der Waals surface area contributed by atoms with Gasteiger partial charge in [0.2, 0.25) is 5.91 Å². The maximum Gasteiger partial charge on any atom is 0.307 e. The quantitative estimate of drug-likeness (QED) is 0.0783. The van der Waals surface area contributed by atoms with Crippen LogP contribution in [0.1, 0.15) is 44.5 Å². The van der Waals surface area contributed by atoms with Gasteiger partial charge in [0, 0.05) is 19.2 Å². The molecule has 0 atom stereocenters. The molecule has 0 aliphatic heterocycles. The lowest BCUT2D eigenvalue weighted by molar-refractivity contribution is -0.136. The Balaban J connectivity index is 0.000000189. The van der Waals surface area contributed by atoms with E-state index in [1.165, 1.54) is 11.1 Å². The van der Waals surface area contributed by atoms with Crippen molar-refractivity contribution in [3.63, 3.8) is 0 Å². The van der Waals surface area contributed by atoms with Crippen molar-refractivity contribution in [2.24, 2.45) is 5.73 Å². The number of carboxylic acid groups (broad SMARTS) is 1. The Bertz CT molecular complexity index is 2960. The normalized spacial score (nSPS) is 10.4. The lowest BCUT2D eigenvalue weighted by Crippen LogP contribution is -2.24. The van der Waals surface area contributed by atoms with Gasteiger partial charge < -0.3 is 30.4 Å². The highest BCUT2D eigenvalue weighted by atomic mass is 16.5. The molecule has 8 nitrogen and oxygen atoms in total. The lowest BCUT2D eigenvalue weighted by Gasteiger charge is -2.13. The zero-order valence-electron chi connectivity index (χ0n) is 40.5. The molecule has 0 bridgehead atoms. The molecule has 0 saturated heterocycles. The van der Waals surface area contributed by atoms with Crippen LogP contribution in [0, 0.1) is 6.92 Å². The first-order valence-corrected chi connectivity index (χ1v) is 24.0. The maximum absolute atomic E-state index is 12.8. The molecule has 9 rings (SSSR count). The molecule has 0 spiro atoms. The summed E-state index contributed by atoms with van der Waals surface area (Å²) in [6, 6.07) is 78.1. The highest BCUT2D eigenvalue weighted by molar-refractivity contribution is 5.79. The summed E-state index contributed by atoms with van der Waals surface area (Å²) in [6.45, 7) is 4.47. The summed E-state index contributed by atoms with van der Waals surface area (Å²) < 4.78 is 17.9. The summed E-state index contributed by atoms with van der Waals surface area (Å²) in [5.41, 5.74) is 18.5. The fourth-order valence-electron chi connectivity index (χ4n) is 7.66. The fourth-order valence-corrected chi connectivity index (χ4v) is 7.66. The highest BCUT2D eigenvalue weighted by Crippen LogP contribution is 2.26. The molecule has 0 heterocycles. The highest BCUT2D eigenvalue weighted by Gasteiger charge is 2.09. The molecule has 0 fully saturated rings. The minimum Gasteiger partial charge on any atom is -0.489 e. The number of carbonyl (C=O) groups excluding carboxylic acids is 1. The van der Waals surface area contributed by atoms with E-state index in [0.717, 1.165) is 61.4 Å². The summed E-state index contributed by atoms with van der Waals surface area (Å²) in [5, 5.41) is 11.7. The van der Waals surface area contributed by atoms with Gasteiger partial charge in [-0.2, -0.15) is 0 Å². The Morgan fingerprint density at radius 3 is 1.17 bits per heavy atom. The molecule has 0 aromatic heterocycles. The van der Waals surface area contributed by atoms with E-state index in [1.807, 2.05) is 194 Å². The molecular formula is C64H60N2O6. The second-order valence-electron chi connectivity index (χ2n) is 17.1. The van der Waals surface area contributed by atoms with Gasteiger partial charge in [-0.05, 0) is 98.0 Å². The number of nitrogens with one attached hydrogen (secondary N) is 1. The summed E-state index contributed by atoms with van der Waals surface area (Å²) in [6.07, 6.45) is 0.395. The van der Waals surface area contributed by atoms with Crippen molar-refractivity contribution < 1.29 is 28.9 Å². The van der Waals surface area contributed by atoms with Crippen molar-refractivity contribution >= 4 is 11.9 Å². The zero-order chi connectivity index (χ0) is 50.2. The van der Waals surface area contributed by atoms with Crippen molar-refractivity contribution in [1.29, 1.82) is 0 Å². The number of aliphatic carboxylic acids is 1. The predicted octanol–water partition coefficient (Wildman–Crippen LogP) is 13.4. The van der Waals surface area contributed by atoms with Crippen molar-refractivity contribution in [2.45, 2.75) is 52.7 Å². The largest absolute Gasteiger partial charge is 0.489 e. The average Bonchev–Trinajstić information content (AvgIpc) is 3.42. The molecule has 9 aromatic carbocycles. The molecule has 72 heavy (non-hydrogen) atoms. The minimum absolute atomic E-state index is 0.0372. The monoisotopic (exact) mass is 952 g/mol. The molecule has 0 radical (unpaired) electrons. The third-order valence-corrected chi connectivity index (χ3v) is 11.4. The molecule has 8 heteroatoms. The molecule has 362 valence electrons. The molecule has 0 aliphatic rings. The Hall–Kier alpha value is -8.72. The Morgan fingerprint density at radius 1 is 0.403 bits per heavy atom. The van der Waals surface area contributed by atoms with Crippen LogP contribution < -0.4 is 25.3 Å².